The van der Waals surface area contributed by atoms with Gasteiger partial charge in [-0.15, -0.1) is 0 Å². The first kappa shape index (κ1) is 22.7. The van der Waals surface area contributed by atoms with E-state index < -0.39 is 10.0 Å². The molecule has 0 radical (unpaired) electrons. The minimum absolute atomic E-state index is 0.0686. The number of benzene rings is 2. The van der Waals surface area contributed by atoms with Crippen LogP contribution in [-0.4, -0.2) is 55.5 Å². The summed E-state index contributed by atoms with van der Waals surface area (Å²) in [6.45, 7) is 4.20. The summed E-state index contributed by atoms with van der Waals surface area (Å²) >= 11 is 0. The number of amides is 1. The van der Waals surface area contributed by atoms with E-state index in [0.29, 0.717) is 50.5 Å². The van der Waals surface area contributed by atoms with Crippen molar-refractivity contribution in [3.63, 3.8) is 0 Å². The van der Waals surface area contributed by atoms with Gasteiger partial charge >= 0.3 is 0 Å². The van der Waals surface area contributed by atoms with Gasteiger partial charge in [0.25, 0.3) is 5.91 Å². The van der Waals surface area contributed by atoms with E-state index in [2.05, 4.69) is 6.92 Å². The molecule has 0 N–H and O–H groups in total. The van der Waals surface area contributed by atoms with Gasteiger partial charge in [-0.05, 0) is 55.9 Å². The van der Waals surface area contributed by atoms with Gasteiger partial charge in [0.05, 0.1) is 4.90 Å². The maximum atomic E-state index is 12.9. The van der Waals surface area contributed by atoms with Gasteiger partial charge in [-0.3, -0.25) is 9.59 Å². The van der Waals surface area contributed by atoms with Crippen LogP contribution < -0.4 is 0 Å². The van der Waals surface area contributed by atoms with Gasteiger partial charge in [-0.2, -0.15) is 4.31 Å². The lowest BCUT2D eigenvalue weighted by molar-refractivity contribution is 0.0650. The Morgan fingerprint density at radius 2 is 1.50 bits per heavy atom. The highest BCUT2D eigenvalue weighted by molar-refractivity contribution is 7.89. The highest BCUT2D eigenvalue weighted by Crippen LogP contribution is 2.25. The third-order valence-corrected chi connectivity index (χ3v) is 8.45. The summed E-state index contributed by atoms with van der Waals surface area (Å²) in [7, 11) is -3.53. The normalized spacial score (nSPS) is 20.8. The lowest BCUT2D eigenvalue weighted by Crippen LogP contribution is -2.40. The first-order valence-electron chi connectivity index (χ1n) is 11.3. The molecule has 0 aliphatic carbocycles. The van der Waals surface area contributed by atoms with Gasteiger partial charge in [0, 0.05) is 43.2 Å². The molecule has 7 heteroatoms. The Kier molecular flexibility index (Phi) is 6.76. The molecule has 2 saturated heterocycles. The Balaban J connectivity index is 1.38. The number of carbonyl (C=O) groups is 2. The number of nitrogens with zero attached hydrogens (tertiary/aromatic N) is 2. The van der Waals surface area contributed by atoms with Crippen LogP contribution in [0.4, 0.5) is 0 Å². The van der Waals surface area contributed by atoms with Gasteiger partial charge in [0.1, 0.15) is 0 Å². The molecule has 0 bridgehead atoms. The monoisotopic (exact) mass is 454 g/mol. The highest BCUT2D eigenvalue weighted by atomic mass is 32.2. The van der Waals surface area contributed by atoms with E-state index >= 15 is 0 Å². The van der Waals surface area contributed by atoms with Crippen molar-refractivity contribution >= 4 is 21.7 Å². The van der Waals surface area contributed by atoms with Crippen LogP contribution in [0.3, 0.4) is 0 Å². The van der Waals surface area contributed by atoms with E-state index in [1.54, 1.807) is 21.3 Å². The van der Waals surface area contributed by atoms with Crippen molar-refractivity contribution in [2.24, 2.45) is 11.8 Å². The van der Waals surface area contributed by atoms with Crippen molar-refractivity contribution in [2.75, 3.05) is 26.2 Å². The fourth-order valence-electron chi connectivity index (χ4n) is 4.65. The molecule has 2 fully saturated rings. The summed E-state index contributed by atoms with van der Waals surface area (Å²) in [6, 6.07) is 15.6. The molecule has 32 heavy (non-hydrogen) atoms. The first-order chi connectivity index (χ1) is 15.4. The highest BCUT2D eigenvalue weighted by Gasteiger charge is 2.30. The summed E-state index contributed by atoms with van der Waals surface area (Å²) in [4.78, 5) is 27.6. The molecule has 0 unspecified atom stereocenters. The zero-order valence-electron chi connectivity index (χ0n) is 18.4. The minimum atomic E-state index is -3.53. The van der Waals surface area contributed by atoms with E-state index in [-0.39, 0.29) is 22.5 Å². The molecule has 2 aliphatic rings. The molecular weight excluding hydrogens is 424 g/mol. The van der Waals surface area contributed by atoms with Crippen LogP contribution in [0.15, 0.2) is 59.5 Å². The second kappa shape index (κ2) is 9.55. The molecule has 0 saturated carbocycles. The lowest BCUT2D eigenvalue weighted by atomic mass is 9.88. The second-order valence-corrected chi connectivity index (χ2v) is 10.9. The van der Waals surface area contributed by atoms with Crippen LogP contribution in [0.25, 0.3) is 0 Å². The maximum Gasteiger partial charge on any atom is 0.253 e. The van der Waals surface area contributed by atoms with Crippen LogP contribution >= 0.6 is 0 Å². The van der Waals surface area contributed by atoms with E-state index in [1.807, 2.05) is 30.3 Å². The summed E-state index contributed by atoms with van der Waals surface area (Å²) in [6.07, 6.45) is 3.20. The Bertz CT molecular complexity index is 1060. The number of carbonyl (C=O) groups excluding carboxylic acids is 2. The maximum absolute atomic E-state index is 12.9. The molecule has 2 aliphatic heterocycles. The molecular formula is C25H30N2O4S. The predicted octanol–water partition coefficient (Wildman–Crippen LogP) is 3.84. The quantitative estimate of drug-likeness (QED) is 0.644. The Morgan fingerprint density at radius 3 is 2.12 bits per heavy atom. The standard InChI is InChI=1S/C25H30N2O4S/c1-19-6-5-15-27(18-19)32(30,31)23-11-9-22(10-12-23)25(29)26-16-13-21(14-17-26)24(28)20-7-3-2-4-8-20/h2-4,7-12,19,21H,5-6,13-18H2,1H3/t19-/m1/s1. The van der Waals surface area contributed by atoms with Gasteiger partial charge in [0.15, 0.2) is 5.78 Å². The van der Waals surface area contributed by atoms with Crippen molar-refractivity contribution in [3.8, 4) is 0 Å². The SMILES string of the molecule is C[C@@H]1CCCN(S(=O)(=O)c2ccc(C(=O)N3CCC(C(=O)c4ccccc4)CC3)cc2)C1. The molecule has 2 heterocycles. The number of Topliss-reactive ketones (excluding diaryl/α,β-unsaturated/α-hetero) is 1. The van der Waals surface area contributed by atoms with E-state index in [9.17, 15) is 18.0 Å². The smallest absolute Gasteiger partial charge is 0.253 e. The fraction of sp³-hybridized carbons (Fsp3) is 0.440. The zero-order valence-corrected chi connectivity index (χ0v) is 19.3. The van der Waals surface area contributed by atoms with Crippen molar-refractivity contribution in [2.45, 2.75) is 37.5 Å². The Labute approximate surface area is 190 Å². The third kappa shape index (κ3) is 4.79. The minimum Gasteiger partial charge on any atom is -0.339 e. The van der Waals surface area contributed by atoms with E-state index in [1.165, 1.54) is 12.1 Å². The van der Waals surface area contributed by atoms with Crippen molar-refractivity contribution < 1.29 is 18.0 Å². The van der Waals surface area contributed by atoms with E-state index in [0.717, 1.165) is 18.4 Å². The third-order valence-electron chi connectivity index (χ3n) is 6.57. The number of rotatable bonds is 5. The second-order valence-electron chi connectivity index (χ2n) is 8.93. The van der Waals surface area contributed by atoms with Crippen molar-refractivity contribution in [1.29, 1.82) is 0 Å². The Hall–Kier alpha value is -2.51. The van der Waals surface area contributed by atoms with Crippen LogP contribution in [0.2, 0.25) is 0 Å². The summed E-state index contributed by atoms with van der Waals surface area (Å²) in [5.74, 6) is 0.308. The molecule has 6 nitrogen and oxygen atoms in total. The average molecular weight is 455 g/mol. The van der Waals surface area contributed by atoms with Gasteiger partial charge in [-0.1, -0.05) is 37.3 Å². The van der Waals surface area contributed by atoms with Crippen LogP contribution in [-0.2, 0) is 10.0 Å². The fourth-order valence-corrected chi connectivity index (χ4v) is 6.25. The molecule has 1 atom stereocenters. The number of sulfonamides is 1. The zero-order chi connectivity index (χ0) is 22.7. The largest absolute Gasteiger partial charge is 0.339 e. The first-order valence-corrected chi connectivity index (χ1v) is 12.8. The van der Waals surface area contributed by atoms with Crippen LogP contribution in [0, 0.1) is 11.8 Å². The molecule has 2 aromatic carbocycles. The molecule has 4 rings (SSSR count). The Morgan fingerprint density at radius 1 is 0.844 bits per heavy atom. The average Bonchev–Trinajstić information content (AvgIpc) is 2.84. The number of hydrogen-bond donors (Lipinski definition) is 0. The van der Waals surface area contributed by atoms with E-state index in [4.69, 9.17) is 0 Å². The van der Waals surface area contributed by atoms with Gasteiger partial charge in [0.2, 0.25) is 10.0 Å². The topological polar surface area (TPSA) is 74.8 Å². The van der Waals surface area contributed by atoms with Crippen molar-refractivity contribution in [1.82, 2.24) is 9.21 Å². The number of ketones is 1. The summed E-state index contributed by atoms with van der Waals surface area (Å²) in [5.41, 5.74) is 1.20. The van der Waals surface area contributed by atoms with Crippen molar-refractivity contribution in [3.05, 3.63) is 65.7 Å². The number of piperidine rings is 2. The number of hydrogen-bond acceptors (Lipinski definition) is 4. The summed E-state index contributed by atoms with van der Waals surface area (Å²) < 4.78 is 27.4. The van der Waals surface area contributed by atoms with Crippen LogP contribution in [0.5, 0.6) is 0 Å². The summed E-state index contributed by atoms with van der Waals surface area (Å²) in [5, 5.41) is 0. The molecule has 2 aromatic rings. The van der Waals surface area contributed by atoms with Crippen LogP contribution in [0.1, 0.15) is 53.3 Å². The predicted molar refractivity (Wildman–Crippen MR) is 123 cm³/mol. The van der Waals surface area contributed by atoms with Gasteiger partial charge < -0.3 is 4.90 Å². The molecule has 1 amide bonds. The van der Waals surface area contributed by atoms with Gasteiger partial charge in [-0.25, -0.2) is 8.42 Å². The number of likely N-dealkylation sites (tertiary alicyclic amines) is 1. The lowest BCUT2D eigenvalue weighted by Gasteiger charge is -2.31. The molecule has 0 aromatic heterocycles. The molecule has 170 valence electrons. The molecule has 0 spiro atoms.